The van der Waals surface area contributed by atoms with Crippen LogP contribution in [0.2, 0.25) is 0 Å². The number of hydrogen-bond acceptors (Lipinski definition) is 2. The maximum atomic E-state index is 5.51. The molecule has 0 aliphatic rings. The van der Waals surface area contributed by atoms with E-state index in [0.717, 1.165) is 13.0 Å². The van der Waals surface area contributed by atoms with Gasteiger partial charge in [0.25, 0.3) is 0 Å². The molecular weight excluding hydrogens is 172 g/mol. The zero-order valence-electron chi connectivity index (χ0n) is 9.09. The van der Waals surface area contributed by atoms with Gasteiger partial charge in [-0.25, -0.2) is 0 Å². The molecule has 0 saturated heterocycles. The summed E-state index contributed by atoms with van der Waals surface area (Å²) in [6, 6.07) is 9.05. The summed E-state index contributed by atoms with van der Waals surface area (Å²) in [6.07, 6.45) is 1.08. The summed E-state index contributed by atoms with van der Waals surface area (Å²) in [6.45, 7) is 5.94. The molecule has 2 heteroatoms. The standard InChI is InChI=1S/C12H20N2/c1-10-4-3-5-12(8-10)6-7-14-11(2)9-13/h3-5,8,11,14H,6-7,9,13H2,1-2H3/t11-/m0/s1. The van der Waals surface area contributed by atoms with E-state index in [2.05, 4.69) is 43.4 Å². The number of hydrogen-bond donors (Lipinski definition) is 2. The monoisotopic (exact) mass is 192 g/mol. The van der Waals surface area contributed by atoms with Crippen molar-refractivity contribution in [3.05, 3.63) is 35.4 Å². The molecule has 1 rings (SSSR count). The number of nitrogens with one attached hydrogen (secondary N) is 1. The highest BCUT2D eigenvalue weighted by molar-refractivity contribution is 5.22. The third-order valence-corrected chi connectivity index (χ3v) is 2.34. The van der Waals surface area contributed by atoms with E-state index in [4.69, 9.17) is 5.73 Å². The first kappa shape index (κ1) is 11.2. The van der Waals surface area contributed by atoms with Crippen molar-refractivity contribution in [3.8, 4) is 0 Å². The van der Waals surface area contributed by atoms with E-state index in [1.807, 2.05) is 0 Å². The van der Waals surface area contributed by atoms with Gasteiger partial charge in [0.2, 0.25) is 0 Å². The Kier molecular flexibility index (Phi) is 4.63. The molecule has 14 heavy (non-hydrogen) atoms. The van der Waals surface area contributed by atoms with Crippen LogP contribution < -0.4 is 11.1 Å². The maximum absolute atomic E-state index is 5.51. The second-order valence-corrected chi connectivity index (χ2v) is 3.83. The molecule has 1 atom stereocenters. The molecule has 0 heterocycles. The van der Waals surface area contributed by atoms with Gasteiger partial charge in [0.15, 0.2) is 0 Å². The lowest BCUT2D eigenvalue weighted by Gasteiger charge is -2.10. The van der Waals surface area contributed by atoms with Crippen molar-refractivity contribution in [3.63, 3.8) is 0 Å². The molecule has 0 aromatic heterocycles. The summed E-state index contributed by atoms with van der Waals surface area (Å²) in [5, 5.41) is 3.38. The topological polar surface area (TPSA) is 38.0 Å². The van der Waals surface area contributed by atoms with Gasteiger partial charge in [0, 0.05) is 12.6 Å². The average molecular weight is 192 g/mol. The van der Waals surface area contributed by atoms with E-state index in [0.29, 0.717) is 12.6 Å². The summed E-state index contributed by atoms with van der Waals surface area (Å²) in [5.74, 6) is 0. The van der Waals surface area contributed by atoms with Gasteiger partial charge in [-0.15, -0.1) is 0 Å². The van der Waals surface area contributed by atoms with Gasteiger partial charge in [-0.2, -0.15) is 0 Å². The highest BCUT2D eigenvalue weighted by atomic mass is 14.9. The molecule has 0 amide bonds. The van der Waals surface area contributed by atoms with Gasteiger partial charge in [0.1, 0.15) is 0 Å². The predicted molar refractivity (Wildman–Crippen MR) is 61.4 cm³/mol. The third-order valence-electron chi connectivity index (χ3n) is 2.34. The zero-order valence-corrected chi connectivity index (χ0v) is 9.09. The van der Waals surface area contributed by atoms with Crippen LogP contribution in [0.5, 0.6) is 0 Å². The molecule has 0 aliphatic heterocycles. The predicted octanol–water partition coefficient (Wildman–Crippen LogP) is 1.47. The van der Waals surface area contributed by atoms with Crippen LogP contribution in [0.3, 0.4) is 0 Å². The van der Waals surface area contributed by atoms with Gasteiger partial charge in [-0.1, -0.05) is 29.8 Å². The highest BCUT2D eigenvalue weighted by Crippen LogP contribution is 2.03. The Hall–Kier alpha value is -0.860. The van der Waals surface area contributed by atoms with Gasteiger partial charge >= 0.3 is 0 Å². The quantitative estimate of drug-likeness (QED) is 0.741. The van der Waals surface area contributed by atoms with Crippen molar-refractivity contribution in [2.45, 2.75) is 26.3 Å². The SMILES string of the molecule is Cc1cccc(CCN[C@@H](C)CN)c1. The van der Waals surface area contributed by atoms with Crippen molar-refractivity contribution in [1.29, 1.82) is 0 Å². The lowest BCUT2D eigenvalue weighted by molar-refractivity contribution is 0.559. The van der Waals surface area contributed by atoms with Crippen molar-refractivity contribution in [1.82, 2.24) is 5.32 Å². The molecular formula is C12H20N2. The molecule has 0 bridgehead atoms. The highest BCUT2D eigenvalue weighted by Gasteiger charge is 1.97. The molecule has 0 aliphatic carbocycles. The van der Waals surface area contributed by atoms with E-state index in [1.165, 1.54) is 11.1 Å². The molecule has 2 nitrogen and oxygen atoms in total. The van der Waals surface area contributed by atoms with Gasteiger partial charge in [0.05, 0.1) is 0 Å². The van der Waals surface area contributed by atoms with Gasteiger partial charge in [-0.3, -0.25) is 0 Å². The van der Waals surface area contributed by atoms with Crippen LogP contribution in [0.15, 0.2) is 24.3 Å². The Bertz CT molecular complexity index is 271. The third kappa shape index (κ3) is 3.90. The molecule has 78 valence electrons. The Balaban J connectivity index is 2.31. The number of nitrogens with two attached hydrogens (primary N) is 1. The molecule has 0 spiro atoms. The van der Waals surface area contributed by atoms with E-state index < -0.39 is 0 Å². The Morgan fingerprint density at radius 3 is 2.86 bits per heavy atom. The fourth-order valence-electron chi connectivity index (χ4n) is 1.41. The van der Waals surface area contributed by atoms with Crippen LogP contribution in [-0.4, -0.2) is 19.1 Å². The normalized spacial score (nSPS) is 12.8. The Morgan fingerprint density at radius 2 is 2.21 bits per heavy atom. The van der Waals surface area contributed by atoms with Gasteiger partial charge in [-0.05, 0) is 32.4 Å². The van der Waals surface area contributed by atoms with Crippen LogP contribution in [0.4, 0.5) is 0 Å². The lowest BCUT2D eigenvalue weighted by Crippen LogP contribution is -2.34. The molecule has 0 radical (unpaired) electrons. The van der Waals surface area contributed by atoms with Crippen molar-refractivity contribution >= 4 is 0 Å². The summed E-state index contributed by atoms with van der Waals surface area (Å²) >= 11 is 0. The summed E-state index contributed by atoms with van der Waals surface area (Å²) < 4.78 is 0. The van der Waals surface area contributed by atoms with Crippen LogP contribution in [0, 0.1) is 6.92 Å². The lowest BCUT2D eigenvalue weighted by atomic mass is 10.1. The van der Waals surface area contributed by atoms with E-state index in [1.54, 1.807) is 0 Å². The molecule has 1 aromatic rings. The van der Waals surface area contributed by atoms with Crippen molar-refractivity contribution in [2.75, 3.05) is 13.1 Å². The molecule has 0 saturated carbocycles. The van der Waals surface area contributed by atoms with Crippen molar-refractivity contribution < 1.29 is 0 Å². The minimum absolute atomic E-state index is 0.416. The second kappa shape index (κ2) is 5.78. The summed E-state index contributed by atoms with van der Waals surface area (Å²) in [7, 11) is 0. The fourth-order valence-corrected chi connectivity index (χ4v) is 1.41. The van der Waals surface area contributed by atoms with Crippen molar-refractivity contribution in [2.24, 2.45) is 5.73 Å². The van der Waals surface area contributed by atoms with E-state index in [-0.39, 0.29) is 0 Å². The fraction of sp³-hybridized carbons (Fsp3) is 0.500. The van der Waals surface area contributed by atoms with Crippen LogP contribution in [-0.2, 0) is 6.42 Å². The minimum Gasteiger partial charge on any atom is -0.329 e. The average Bonchev–Trinajstić information content (AvgIpc) is 2.17. The van der Waals surface area contributed by atoms with Crippen LogP contribution in [0.25, 0.3) is 0 Å². The summed E-state index contributed by atoms with van der Waals surface area (Å²) in [4.78, 5) is 0. The van der Waals surface area contributed by atoms with Gasteiger partial charge < -0.3 is 11.1 Å². The molecule has 3 N–H and O–H groups in total. The first-order chi connectivity index (χ1) is 6.72. The van der Waals surface area contributed by atoms with E-state index >= 15 is 0 Å². The number of benzene rings is 1. The Morgan fingerprint density at radius 1 is 1.43 bits per heavy atom. The molecule has 0 fully saturated rings. The maximum Gasteiger partial charge on any atom is 0.0162 e. The van der Waals surface area contributed by atoms with Crippen LogP contribution in [0.1, 0.15) is 18.1 Å². The van der Waals surface area contributed by atoms with Crippen LogP contribution >= 0.6 is 0 Å². The number of rotatable bonds is 5. The Labute approximate surface area is 86.5 Å². The molecule has 1 aromatic carbocycles. The second-order valence-electron chi connectivity index (χ2n) is 3.83. The number of aryl methyl sites for hydroxylation is 1. The minimum atomic E-state index is 0.416. The molecule has 0 unspecified atom stereocenters. The first-order valence-electron chi connectivity index (χ1n) is 5.21. The largest absolute Gasteiger partial charge is 0.329 e. The smallest absolute Gasteiger partial charge is 0.0162 e. The first-order valence-corrected chi connectivity index (χ1v) is 5.21. The summed E-state index contributed by atoms with van der Waals surface area (Å²) in [5.41, 5.74) is 8.23. The zero-order chi connectivity index (χ0) is 10.4. The van der Waals surface area contributed by atoms with E-state index in [9.17, 15) is 0 Å².